The predicted octanol–water partition coefficient (Wildman–Crippen LogP) is 1.64. The van der Waals surface area contributed by atoms with Crippen LogP contribution in [0.15, 0.2) is 0 Å². The van der Waals surface area contributed by atoms with Crippen LogP contribution in [-0.4, -0.2) is 71.8 Å². The maximum Gasteiger partial charge on any atom is 0.240 e. The van der Waals surface area contributed by atoms with Gasteiger partial charge in [0.05, 0.1) is 17.7 Å². The third kappa shape index (κ3) is 3.89. The van der Waals surface area contributed by atoms with Crippen molar-refractivity contribution in [3.05, 3.63) is 0 Å². The Morgan fingerprint density at radius 2 is 1.91 bits per heavy atom. The number of carbonyl (C=O) groups excluding carboxylic acids is 1. The Morgan fingerprint density at radius 3 is 2.52 bits per heavy atom. The highest BCUT2D eigenvalue weighted by Crippen LogP contribution is 2.34. The molecule has 0 unspecified atom stereocenters. The molecule has 0 aromatic heterocycles. The van der Waals surface area contributed by atoms with Crippen LogP contribution in [0.25, 0.3) is 0 Å². The molecule has 2 atom stereocenters. The van der Waals surface area contributed by atoms with Crippen LogP contribution >= 0.6 is 0 Å². The molecule has 2 aliphatic heterocycles. The molecule has 3 aliphatic rings. The molecule has 0 spiro atoms. The summed E-state index contributed by atoms with van der Waals surface area (Å²) in [5.74, 6) is 0.956. The number of carbonyl (C=O) groups is 1. The molecule has 3 fully saturated rings. The SMILES string of the molecule is CO[C@H]1C[C@@H](C(=O)N2CCCC2)N(CC2(O)CCC(C)CC2)C1. The molecular formula is C18H32N2O3. The molecule has 0 radical (unpaired) electrons. The van der Waals surface area contributed by atoms with Gasteiger partial charge in [0, 0.05) is 33.3 Å². The minimum Gasteiger partial charge on any atom is -0.389 e. The lowest BCUT2D eigenvalue weighted by Gasteiger charge is -2.39. The first-order chi connectivity index (χ1) is 11.0. The lowest BCUT2D eigenvalue weighted by atomic mass is 9.79. The van der Waals surface area contributed by atoms with E-state index in [1.807, 2.05) is 4.90 Å². The van der Waals surface area contributed by atoms with E-state index >= 15 is 0 Å². The fraction of sp³-hybridized carbons (Fsp3) is 0.944. The first-order valence-electron chi connectivity index (χ1n) is 9.29. The van der Waals surface area contributed by atoms with Crippen LogP contribution < -0.4 is 0 Å². The van der Waals surface area contributed by atoms with Crippen molar-refractivity contribution in [2.75, 3.05) is 33.3 Å². The Hall–Kier alpha value is -0.650. The predicted molar refractivity (Wildman–Crippen MR) is 89.2 cm³/mol. The summed E-state index contributed by atoms with van der Waals surface area (Å²) in [7, 11) is 1.72. The van der Waals surface area contributed by atoms with Crippen LogP contribution in [0.1, 0.15) is 51.9 Å². The van der Waals surface area contributed by atoms with Crippen molar-refractivity contribution in [3.63, 3.8) is 0 Å². The average Bonchev–Trinajstić information content (AvgIpc) is 3.19. The number of hydrogen-bond acceptors (Lipinski definition) is 4. The summed E-state index contributed by atoms with van der Waals surface area (Å²) in [6.07, 6.45) is 6.99. The molecule has 2 heterocycles. The maximum absolute atomic E-state index is 12.9. The molecule has 5 heteroatoms. The van der Waals surface area contributed by atoms with Gasteiger partial charge in [0.25, 0.3) is 0 Å². The molecule has 1 saturated carbocycles. The van der Waals surface area contributed by atoms with Gasteiger partial charge in [-0.05, 0) is 50.9 Å². The highest BCUT2D eigenvalue weighted by atomic mass is 16.5. The van der Waals surface area contributed by atoms with E-state index in [0.29, 0.717) is 12.5 Å². The van der Waals surface area contributed by atoms with E-state index in [2.05, 4.69) is 11.8 Å². The van der Waals surface area contributed by atoms with Crippen molar-refractivity contribution in [2.45, 2.75) is 69.6 Å². The van der Waals surface area contributed by atoms with Gasteiger partial charge in [-0.25, -0.2) is 0 Å². The number of β-amino-alcohol motifs (C(OH)–C–C–N with tert-alkyl or cyclic N) is 1. The van der Waals surface area contributed by atoms with Gasteiger partial charge in [0.2, 0.25) is 5.91 Å². The minimum absolute atomic E-state index is 0.109. The maximum atomic E-state index is 12.9. The summed E-state index contributed by atoms with van der Waals surface area (Å²) in [6.45, 7) is 5.42. The average molecular weight is 324 g/mol. The van der Waals surface area contributed by atoms with Crippen molar-refractivity contribution in [1.82, 2.24) is 9.80 Å². The van der Waals surface area contributed by atoms with Crippen molar-refractivity contribution < 1.29 is 14.6 Å². The fourth-order valence-electron chi connectivity index (χ4n) is 4.45. The minimum atomic E-state index is -0.626. The van der Waals surface area contributed by atoms with Crippen LogP contribution in [0, 0.1) is 5.92 Å². The Kier molecular flexibility index (Phi) is 5.29. The molecule has 2 saturated heterocycles. The van der Waals surface area contributed by atoms with Crippen LogP contribution in [-0.2, 0) is 9.53 Å². The van der Waals surface area contributed by atoms with Gasteiger partial charge in [-0.1, -0.05) is 6.92 Å². The number of ether oxygens (including phenoxy) is 1. The Balaban J connectivity index is 1.66. The monoisotopic (exact) mass is 324 g/mol. The van der Waals surface area contributed by atoms with Gasteiger partial charge in [0.15, 0.2) is 0 Å². The molecule has 23 heavy (non-hydrogen) atoms. The molecule has 3 rings (SSSR count). The largest absolute Gasteiger partial charge is 0.389 e. The summed E-state index contributed by atoms with van der Waals surface area (Å²) >= 11 is 0. The number of methoxy groups -OCH3 is 1. The summed E-state index contributed by atoms with van der Waals surface area (Å²) in [5.41, 5.74) is -0.626. The Labute approximate surface area is 140 Å². The lowest BCUT2D eigenvalue weighted by molar-refractivity contribution is -0.136. The number of hydrogen-bond donors (Lipinski definition) is 1. The molecule has 1 N–H and O–H groups in total. The van der Waals surface area contributed by atoms with Crippen LogP contribution in [0.3, 0.4) is 0 Å². The highest BCUT2D eigenvalue weighted by Gasteiger charge is 2.43. The van der Waals surface area contributed by atoms with E-state index in [1.54, 1.807) is 7.11 Å². The molecule has 0 bridgehead atoms. The topological polar surface area (TPSA) is 53.0 Å². The summed E-state index contributed by atoms with van der Waals surface area (Å²) in [5, 5.41) is 11.0. The van der Waals surface area contributed by atoms with E-state index in [-0.39, 0.29) is 18.1 Å². The van der Waals surface area contributed by atoms with Crippen LogP contribution in [0.5, 0.6) is 0 Å². The van der Waals surface area contributed by atoms with Gasteiger partial charge >= 0.3 is 0 Å². The lowest BCUT2D eigenvalue weighted by Crippen LogP contribution is -2.51. The van der Waals surface area contributed by atoms with Gasteiger partial charge in [-0.3, -0.25) is 9.69 Å². The van der Waals surface area contributed by atoms with Crippen molar-refractivity contribution >= 4 is 5.91 Å². The second-order valence-electron chi connectivity index (χ2n) is 7.98. The van der Waals surface area contributed by atoms with Crippen molar-refractivity contribution in [3.8, 4) is 0 Å². The van der Waals surface area contributed by atoms with E-state index in [9.17, 15) is 9.90 Å². The summed E-state index contributed by atoms with van der Waals surface area (Å²) in [4.78, 5) is 17.1. The smallest absolute Gasteiger partial charge is 0.240 e. The number of amides is 1. The number of aliphatic hydroxyl groups is 1. The second-order valence-corrected chi connectivity index (χ2v) is 7.98. The Bertz CT molecular complexity index is 414. The van der Waals surface area contributed by atoms with Gasteiger partial charge < -0.3 is 14.7 Å². The molecule has 0 aromatic carbocycles. The third-order valence-corrected chi connectivity index (χ3v) is 6.10. The van der Waals surface area contributed by atoms with Crippen molar-refractivity contribution in [2.24, 2.45) is 5.92 Å². The molecule has 1 amide bonds. The molecular weight excluding hydrogens is 292 g/mol. The Morgan fingerprint density at radius 1 is 1.26 bits per heavy atom. The third-order valence-electron chi connectivity index (χ3n) is 6.10. The number of nitrogens with zero attached hydrogens (tertiary/aromatic N) is 2. The van der Waals surface area contributed by atoms with Gasteiger partial charge in [0.1, 0.15) is 0 Å². The first-order valence-corrected chi connectivity index (χ1v) is 9.29. The molecule has 132 valence electrons. The standard InChI is InChI=1S/C18H32N2O3/c1-14-5-7-18(22,8-6-14)13-20-12-15(23-2)11-16(20)17(21)19-9-3-4-10-19/h14-16,22H,3-13H2,1-2H3/t14?,15-,16-,18?/m0/s1. The quantitative estimate of drug-likeness (QED) is 0.854. The molecule has 0 aromatic rings. The fourth-order valence-corrected chi connectivity index (χ4v) is 4.45. The van der Waals surface area contributed by atoms with Crippen LogP contribution in [0.4, 0.5) is 0 Å². The van der Waals surface area contributed by atoms with Gasteiger partial charge in [-0.15, -0.1) is 0 Å². The second kappa shape index (κ2) is 7.08. The number of likely N-dealkylation sites (tertiary alicyclic amines) is 2. The van der Waals surface area contributed by atoms with E-state index < -0.39 is 5.60 Å². The molecule has 1 aliphatic carbocycles. The zero-order chi connectivity index (χ0) is 16.4. The molecule has 5 nitrogen and oxygen atoms in total. The highest BCUT2D eigenvalue weighted by molar-refractivity contribution is 5.82. The van der Waals surface area contributed by atoms with E-state index in [1.165, 1.54) is 0 Å². The van der Waals surface area contributed by atoms with Crippen LogP contribution in [0.2, 0.25) is 0 Å². The summed E-state index contributed by atoms with van der Waals surface area (Å²) < 4.78 is 5.53. The summed E-state index contributed by atoms with van der Waals surface area (Å²) in [6, 6.07) is -0.110. The number of rotatable bonds is 4. The van der Waals surface area contributed by atoms with E-state index in [4.69, 9.17) is 4.74 Å². The normalized spacial score (nSPS) is 39.1. The first kappa shape index (κ1) is 17.2. The van der Waals surface area contributed by atoms with E-state index in [0.717, 1.165) is 64.6 Å². The zero-order valence-corrected chi connectivity index (χ0v) is 14.7. The van der Waals surface area contributed by atoms with Crippen molar-refractivity contribution in [1.29, 1.82) is 0 Å². The zero-order valence-electron chi connectivity index (χ0n) is 14.7. The van der Waals surface area contributed by atoms with Gasteiger partial charge in [-0.2, -0.15) is 0 Å².